The van der Waals surface area contributed by atoms with E-state index in [2.05, 4.69) is 10.4 Å². The van der Waals surface area contributed by atoms with Crippen LogP contribution < -0.4 is 10.2 Å². The number of hydrogen-bond donors (Lipinski definition) is 1. The van der Waals surface area contributed by atoms with Gasteiger partial charge in [-0.2, -0.15) is 5.10 Å². The zero-order chi connectivity index (χ0) is 19.4. The summed E-state index contributed by atoms with van der Waals surface area (Å²) in [4.78, 5) is 30.0. The molecule has 8 nitrogen and oxygen atoms in total. The fourth-order valence-corrected chi connectivity index (χ4v) is 3.05. The summed E-state index contributed by atoms with van der Waals surface area (Å²) in [5.41, 5.74) is 2.45. The summed E-state index contributed by atoms with van der Waals surface area (Å²) >= 11 is 0. The molecule has 8 heteroatoms. The molecule has 1 N–H and O–H groups in total. The van der Waals surface area contributed by atoms with Crippen molar-refractivity contribution in [1.29, 1.82) is 0 Å². The normalized spacial score (nSPS) is 14.0. The predicted molar refractivity (Wildman–Crippen MR) is 105 cm³/mol. The van der Waals surface area contributed by atoms with Crippen molar-refractivity contribution in [3.8, 4) is 0 Å². The van der Waals surface area contributed by atoms with Gasteiger partial charge in [0, 0.05) is 56.4 Å². The number of likely N-dealkylation sites (N-methyl/N-ethyl adjacent to an activating group) is 1. The molecule has 144 valence electrons. The van der Waals surface area contributed by atoms with E-state index in [0.29, 0.717) is 31.9 Å². The van der Waals surface area contributed by atoms with Gasteiger partial charge in [0.2, 0.25) is 0 Å². The van der Waals surface area contributed by atoms with Crippen LogP contribution in [0.5, 0.6) is 0 Å². The molecular weight excluding hydrogens is 344 g/mol. The number of carbonyl (C=O) groups is 2. The quantitative estimate of drug-likeness (QED) is 0.850. The second-order valence-electron chi connectivity index (χ2n) is 6.55. The van der Waals surface area contributed by atoms with Gasteiger partial charge in [0.15, 0.2) is 0 Å². The van der Waals surface area contributed by atoms with Crippen LogP contribution in [0, 0.1) is 0 Å². The molecule has 4 amide bonds. The lowest BCUT2D eigenvalue weighted by Crippen LogP contribution is -2.34. The number of aromatic nitrogens is 2. The minimum absolute atomic E-state index is 0.0263. The molecule has 0 bridgehead atoms. The Kier molecular flexibility index (Phi) is 5.63. The monoisotopic (exact) mass is 370 g/mol. The second-order valence-corrected chi connectivity index (χ2v) is 6.55. The fraction of sp³-hybridized carbons (Fsp3) is 0.421. The summed E-state index contributed by atoms with van der Waals surface area (Å²) in [5, 5.41) is 7.18. The Hall–Kier alpha value is -3.03. The third kappa shape index (κ3) is 4.21. The van der Waals surface area contributed by atoms with Gasteiger partial charge < -0.3 is 15.1 Å². The number of rotatable bonds is 6. The van der Waals surface area contributed by atoms with Crippen molar-refractivity contribution >= 4 is 23.4 Å². The largest absolute Gasteiger partial charge is 0.326 e. The molecule has 0 radical (unpaired) electrons. The Morgan fingerprint density at radius 2 is 2.11 bits per heavy atom. The summed E-state index contributed by atoms with van der Waals surface area (Å²) in [6.07, 6.45) is 3.74. The number of nitrogens with one attached hydrogen (secondary N) is 1. The highest BCUT2D eigenvalue weighted by atomic mass is 16.2. The average molecular weight is 370 g/mol. The van der Waals surface area contributed by atoms with E-state index >= 15 is 0 Å². The van der Waals surface area contributed by atoms with Gasteiger partial charge in [-0.1, -0.05) is 6.07 Å². The number of urea groups is 2. The van der Waals surface area contributed by atoms with Gasteiger partial charge >= 0.3 is 12.1 Å². The lowest BCUT2D eigenvalue weighted by molar-refractivity contribution is 0.212. The van der Waals surface area contributed by atoms with Crippen LogP contribution in [-0.4, -0.2) is 58.3 Å². The maximum Gasteiger partial charge on any atom is 0.324 e. The topological polar surface area (TPSA) is 73.7 Å². The first-order valence-electron chi connectivity index (χ1n) is 9.21. The van der Waals surface area contributed by atoms with E-state index in [0.717, 1.165) is 17.8 Å². The molecule has 0 unspecified atom stereocenters. The van der Waals surface area contributed by atoms with Crippen LogP contribution in [0.15, 0.2) is 36.7 Å². The predicted octanol–water partition coefficient (Wildman–Crippen LogP) is 2.83. The van der Waals surface area contributed by atoms with Gasteiger partial charge in [-0.05, 0) is 32.0 Å². The third-order valence-corrected chi connectivity index (χ3v) is 4.68. The van der Waals surface area contributed by atoms with Crippen molar-refractivity contribution in [2.45, 2.75) is 26.9 Å². The molecule has 3 rings (SSSR count). The highest BCUT2D eigenvalue weighted by molar-refractivity contribution is 5.95. The van der Waals surface area contributed by atoms with Gasteiger partial charge in [0.25, 0.3) is 0 Å². The smallest absolute Gasteiger partial charge is 0.324 e. The SMILES string of the molecule is CCN(Cc1cnn(CC)c1)C(=O)Nc1cccc(N2CCN(C)C2=O)c1. The molecule has 0 spiro atoms. The Bertz CT molecular complexity index is 818. The highest BCUT2D eigenvalue weighted by Crippen LogP contribution is 2.23. The third-order valence-electron chi connectivity index (χ3n) is 4.68. The molecule has 1 fully saturated rings. The first-order chi connectivity index (χ1) is 13.0. The van der Waals surface area contributed by atoms with Crippen molar-refractivity contribution in [3.63, 3.8) is 0 Å². The Morgan fingerprint density at radius 3 is 2.74 bits per heavy atom. The molecular formula is C19H26N6O2. The molecule has 27 heavy (non-hydrogen) atoms. The van der Waals surface area contributed by atoms with Crippen LogP contribution in [0.3, 0.4) is 0 Å². The van der Waals surface area contributed by atoms with E-state index in [1.54, 1.807) is 27.9 Å². The lowest BCUT2D eigenvalue weighted by atomic mass is 10.2. The van der Waals surface area contributed by atoms with Crippen molar-refractivity contribution < 1.29 is 9.59 Å². The zero-order valence-corrected chi connectivity index (χ0v) is 16.1. The number of benzene rings is 1. The number of aryl methyl sites for hydroxylation is 1. The van der Waals surface area contributed by atoms with E-state index in [1.807, 2.05) is 49.0 Å². The first kappa shape index (κ1) is 18.8. The van der Waals surface area contributed by atoms with Crippen LogP contribution in [0.1, 0.15) is 19.4 Å². The van der Waals surface area contributed by atoms with E-state index in [1.165, 1.54) is 0 Å². The van der Waals surface area contributed by atoms with E-state index in [-0.39, 0.29) is 12.1 Å². The number of carbonyl (C=O) groups excluding carboxylic acids is 2. The van der Waals surface area contributed by atoms with Gasteiger partial charge in [0.05, 0.1) is 12.7 Å². The second kappa shape index (κ2) is 8.11. The maximum atomic E-state index is 12.7. The van der Waals surface area contributed by atoms with Gasteiger partial charge in [0.1, 0.15) is 0 Å². The first-order valence-corrected chi connectivity index (χ1v) is 9.21. The van der Waals surface area contributed by atoms with E-state index in [4.69, 9.17) is 0 Å². The standard InChI is InChI=1S/C19H26N6O2/c1-4-23(13-15-12-20-24(5-2)14-15)18(26)21-16-7-6-8-17(11-16)25-10-9-22(3)19(25)27/h6-8,11-12,14H,4-5,9-10,13H2,1-3H3,(H,21,26). The van der Waals surface area contributed by atoms with Gasteiger partial charge in [-0.15, -0.1) is 0 Å². The van der Waals surface area contributed by atoms with Crippen molar-refractivity contribution in [2.24, 2.45) is 0 Å². The Balaban J connectivity index is 1.67. The molecule has 0 atom stereocenters. The van der Waals surface area contributed by atoms with E-state index in [9.17, 15) is 9.59 Å². The molecule has 2 heterocycles. The minimum atomic E-state index is -0.177. The van der Waals surface area contributed by atoms with Crippen LogP contribution in [-0.2, 0) is 13.1 Å². The van der Waals surface area contributed by atoms with Gasteiger partial charge in [-0.25, -0.2) is 9.59 Å². The summed E-state index contributed by atoms with van der Waals surface area (Å²) in [6, 6.07) is 7.18. The molecule has 0 aliphatic carbocycles. The van der Waals surface area contributed by atoms with Crippen molar-refractivity contribution in [1.82, 2.24) is 19.6 Å². The molecule has 2 aromatic rings. The van der Waals surface area contributed by atoms with Gasteiger partial charge in [-0.3, -0.25) is 9.58 Å². The summed E-state index contributed by atoms with van der Waals surface area (Å²) in [5.74, 6) is 0. The van der Waals surface area contributed by atoms with E-state index < -0.39 is 0 Å². The Labute approximate surface area is 159 Å². The maximum absolute atomic E-state index is 12.7. The highest BCUT2D eigenvalue weighted by Gasteiger charge is 2.26. The molecule has 1 saturated heterocycles. The summed E-state index contributed by atoms with van der Waals surface area (Å²) < 4.78 is 1.84. The number of amides is 4. The van der Waals surface area contributed by atoms with Crippen LogP contribution in [0.2, 0.25) is 0 Å². The molecule has 1 aliphatic heterocycles. The average Bonchev–Trinajstić information content (AvgIpc) is 3.26. The fourth-order valence-electron chi connectivity index (χ4n) is 3.05. The summed E-state index contributed by atoms with van der Waals surface area (Å²) in [6.45, 7) is 7.20. The number of anilines is 2. The molecule has 1 aromatic carbocycles. The van der Waals surface area contributed by atoms with Crippen LogP contribution >= 0.6 is 0 Å². The van der Waals surface area contributed by atoms with Crippen LogP contribution in [0.4, 0.5) is 21.0 Å². The van der Waals surface area contributed by atoms with Crippen molar-refractivity contribution in [3.05, 3.63) is 42.2 Å². The van der Waals surface area contributed by atoms with Crippen LogP contribution in [0.25, 0.3) is 0 Å². The summed E-state index contributed by atoms with van der Waals surface area (Å²) in [7, 11) is 1.79. The number of nitrogens with zero attached hydrogens (tertiary/aromatic N) is 5. The number of hydrogen-bond acceptors (Lipinski definition) is 3. The molecule has 0 saturated carbocycles. The molecule has 1 aromatic heterocycles. The minimum Gasteiger partial charge on any atom is -0.326 e. The zero-order valence-electron chi connectivity index (χ0n) is 16.1. The Morgan fingerprint density at radius 1 is 1.30 bits per heavy atom. The molecule has 1 aliphatic rings. The van der Waals surface area contributed by atoms with Crippen molar-refractivity contribution in [2.75, 3.05) is 36.9 Å². The lowest BCUT2D eigenvalue weighted by Gasteiger charge is -2.22.